The van der Waals surface area contributed by atoms with Gasteiger partial charge in [0, 0.05) is 11.4 Å². The molecule has 0 atom stereocenters. The van der Waals surface area contributed by atoms with E-state index in [2.05, 4.69) is 15.6 Å². The van der Waals surface area contributed by atoms with Gasteiger partial charge in [-0.25, -0.2) is 9.78 Å². The van der Waals surface area contributed by atoms with Gasteiger partial charge >= 0.3 is 12.0 Å². The fourth-order valence-electron chi connectivity index (χ4n) is 1.20. The number of nitrogens with zero attached hydrogens (tertiary/aromatic N) is 1. The van der Waals surface area contributed by atoms with E-state index in [1.165, 1.54) is 11.3 Å². The van der Waals surface area contributed by atoms with Crippen LogP contribution in [0.4, 0.5) is 9.93 Å². The van der Waals surface area contributed by atoms with Gasteiger partial charge in [-0.3, -0.25) is 10.1 Å². The van der Waals surface area contributed by atoms with Gasteiger partial charge in [-0.1, -0.05) is 0 Å². The zero-order valence-electron chi connectivity index (χ0n) is 10.6. The maximum Gasteiger partial charge on any atom is 0.321 e. The number of amides is 2. The summed E-state index contributed by atoms with van der Waals surface area (Å²) in [6.45, 7) is 5.84. The Morgan fingerprint density at radius 2 is 2.22 bits per heavy atom. The van der Waals surface area contributed by atoms with Gasteiger partial charge in [0.2, 0.25) is 0 Å². The summed E-state index contributed by atoms with van der Waals surface area (Å²) in [5.74, 6) is -0.319. The van der Waals surface area contributed by atoms with Gasteiger partial charge in [0.15, 0.2) is 5.13 Å². The third-order valence-corrected chi connectivity index (χ3v) is 2.63. The molecule has 0 aliphatic heterocycles. The first kappa shape index (κ1) is 14.4. The van der Waals surface area contributed by atoms with Crippen molar-refractivity contribution in [3.63, 3.8) is 0 Å². The number of nitrogens with one attached hydrogen (secondary N) is 2. The minimum absolute atomic E-state index is 0.0592. The van der Waals surface area contributed by atoms with Crippen molar-refractivity contribution in [1.82, 2.24) is 10.3 Å². The third kappa shape index (κ3) is 5.13. The Hall–Kier alpha value is -1.63. The number of carbonyl (C=O) groups excluding carboxylic acids is 2. The molecule has 0 bridgehead atoms. The molecule has 0 radical (unpaired) electrons. The smallest absolute Gasteiger partial charge is 0.321 e. The van der Waals surface area contributed by atoms with Crippen LogP contribution in [0.15, 0.2) is 5.38 Å². The Balaban J connectivity index is 2.48. The molecule has 0 unspecified atom stereocenters. The van der Waals surface area contributed by atoms with Crippen LogP contribution in [0.2, 0.25) is 0 Å². The van der Waals surface area contributed by atoms with Gasteiger partial charge in [-0.05, 0) is 20.8 Å². The zero-order valence-corrected chi connectivity index (χ0v) is 11.5. The second-order valence-corrected chi connectivity index (χ2v) is 4.74. The van der Waals surface area contributed by atoms with E-state index in [-0.39, 0.29) is 24.5 Å². The number of urea groups is 1. The minimum atomic E-state index is -0.319. The second kappa shape index (κ2) is 6.95. The number of aromatic nitrogens is 1. The van der Waals surface area contributed by atoms with Gasteiger partial charge in [0.05, 0.1) is 18.7 Å². The lowest BCUT2D eigenvalue weighted by atomic mass is 10.3. The van der Waals surface area contributed by atoms with Crippen LogP contribution in [-0.2, 0) is 16.0 Å². The van der Waals surface area contributed by atoms with Crippen LogP contribution < -0.4 is 10.6 Å². The first-order chi connectivity index (χ1) is 8.51. The molecule has 0 aliphatic carbocycles. The fourth-order valence-corrected chi connectivity index (χ4v) is 1.91. The van der Waals surface area contributed by atoms with Crippen molar-refractivity contribution in [2.45, 2.75) is 33.2 Å². The minimum Gasteiger partial charge on any atom is -0.466 e. The summed E-state index contributed by atoms with van der Waals surface area (Å²) in [6.07, 6.45) is 0.123. The number of carbonyl (C=O) groups is 2. The van der Waals surface area contributed by atoms with Crippen LogP contribution in [0.3, 0.4) is 0 Å². The van der Waals surface area contributed by atoms with Gasteiger partial charge in [-0.2, -0.15) is 0 Å². The first-order valence-electron chi connectivity index (χ1n) is 5.68. The van der Waals surface area contributed by atoms with E-state index in [0.29, 0.717) is 17.4 Å². The molecule has 1 aromatic heterocycles. The van der Waals surface area contributed by atoms with E-state index >= 15 is 0 Å². The molecule has 0 aromatic carbocycles. The summed E-state index contributed by atoms with van der Waals surface area (Å²) in [6, 6.07) is -0.244. The Labute approximate surface area is 110 Å². The molecule has 2 amide bonds. The maximum atomic E-state index is 11.4. The Morgan fingerprint density at radius 1 is 1.50 bits per heavy atom. The lowest BCUT2D eigenvalue weighted by molar-refractivity contribution is -0.142. The first-order valence-corrected chi connectivity index (χ1v) is 6.56. The Morgan fingerprint density at radius 3 is 2.83 bits per heavy atom. The summed E-state index contributed by atoms with van der Waals surface area (Å²) in [5.41, 5.74) is 0.596. The highest BCUT2D eigenvalue weighted by molar-refractivity contribution is 7.13. The number of rotatable bonds is 5. The SMILES string of the molecule is CCOC(=O)Cc1csc(NC(=O)NC(C)C)n1. The lowest BCUT2D eigenvalue weighted by Crippen LogP contribution is -2.34. The van der Waals surface area contributed by atoms with Gasteiger partial charge < -0.3 is 10.1 Å². The average molecular weight is 271 g/mol. The Kier molecular flexibility index (Phi) is 5.57. The molecular weight excluding hydrogens is 254 g/mol. The number of thiazole rings is 1. The Bertz CT molecular complexity index is 417. The molecule has 1 heterocycles. The highest BCUT2D eigenvalue weighted by Crippen LogP contribution is 2.15. The number of hydrogen-bond donors (Lipinski definition) is 2. The molecule has 2 N–H and O–H groups in total. The van der Waals surface area contributed by atoms with Crippen LogP contribution in [0.25, 0.3) is 0 Å². The fraction of sp³-hybridized carbons (Fsp3) is 0.545. The molecule has 100 valence electrons. The van der Waals surface area contributed by atoms with Gasteiger partial charge in [-0.15, -0.1) is 11.3 Å². The van der Waals surface area contributed by atoms with Crippen molar-refractivity contribution in [2.75, 3.05) is 11.9 Å². The molecule has 0 spiro atoms. The average Bonchev–Trinajstić information content (AvgIpc) is 2.64. The molecular formula is C11H17N3O3S. The lowest BCUT2D eigenvalue weighted by Gasteiger charge is -2.07. The van der Waals surface area contributed by atoms with E-state index in [4.69, 9.17) is 4.74 Å². The van der Waals surface area contributed by atoms with Crippen molar-refractivity contribution in [2.24, 2.45) is 0 Å². The van der Waals surface area contributed by atoms with Crippen LogP contribution in [0.5, 0.6) is 0 Å². The van der Waals surface area contributed by atoms with E-state index in [1.54, 1.807) is 12.3 Å². The number of ether oxygens (including phenoxy) is 1. The molecule has 0 aliphatic rings. The molecule has 0 fully saturated rings. The van der Waals surface area contributed by atoms with Crippen LogP contribution in [0.1, 0.15) is 26.5 Å². The standard InChI is InChI=1S/C11H17N3O3S/c1-4-17-9(15)5-8-6-18-11(13-8)14-10(16)12-7(2)3/h6-7H,4-5H2,1-3H3,(H2,12,13,14,16). The van der Waals surface area contributed by atoms with Crippen molar-refractivity contribution >= 4 is 28.5 Å². The third-order valence-electron chi connectivity index (χ3n) is 1.82. The zero-order chi connectivity index (χ0) is 13.5. The molecule has 7 heteroatoms. The van der Waals surface area contributed by atoms with E-state index in [9.17, 15) is 9.59 Å². The number of anilines is 1. The number of hydrogen-bond acceptors (Lipinski definition) is 5. The summed E-state index contributed by atoms with van der Waals surface area (Å²) >= 11 is 1.27. The molecule has 1 aromatic rings. The van der Waals surface area contributed by atoms with Crippen molar-refractivity contribution < 1.29 is 14.3 Å². The largest absolute Gasteiger partial charge is 0.466 e. The molecule has 1 rings (SSSR count). The van der Waals surface area contributed by atoms with Gasteiger partial charge in [0.1, 0.15) is 0 Å². The highest BCUT2D eigenvalue weighted by atomic mass is 32.1. The molecule has 18 heavy (non-hydrogen) atoms. The van der Waals surface area contributed by atoms with Crippen LogP contribution >= 0.6 is 11.3 Å². The quantitative estimate of drug-likeness (QED) is 0.800. The topological polar surface area (TPSA) is 80.3 Å². The highest BCUT2D eigenvalue weighted by Gasteiger charge is 2.10. The van der Waals surface area contributed by atoms with E-state index in [0.717, 1.165) is 0 Å². The van der Waals surface area contributed by atoms with Crippen molar-refractivity contribution in [3.8, 4) is 0 Å². The summed E-state index contributed by atoms with van der Waals surface area (Å²) in [4.78, 5) is 26.8. The summed E-state index contributed by atoms with van der Waals surface area (Å²) in [7, 11) is 0. The molecule has 6 nitrogen and oxygen atoms in total. The molecule has 0 saturated carbocycles. The predicted octanol–water partition coefficient (Wildman–Crippen LogP) is 1.78. The molecule has 0 saturated heterocycles. The van der Waals surface area contributed by atoms with E-state index < -0.39 is 0 Å². The summed E-state index contributed by atoms with van der Waals surface area (Å²) < 4.78 is 4.81. The van der Waals surface area contributed by atoms with Gasteiger partial charge in [0.25, 0.3) is 0 Å². The van der Waals surface area contributed by atoms with Crippen LogP contribution in [0, 0.1) is 0 Å². The van der Waals surface area contributed by atoms with Crippen molar-refractivity contribution in [3.05, 3.63) is 11.1 Å². The monoisotopic (exact) mass is 271 g/mol. The van der Waals surface area contributed by atoms with E-state index in [1.807, 2.05) is 13.8 Å². The maximum absolute atomic E-state index is 11.4. The second-order valence-electron chi connectivity index (χ2n) is 3.88. The van der Waals surface area contributed by atoms with Crippen molar-refractivity contribution in [1.29, 1.82) is 0 Å². The summed E-state index contributed by atoms with van der Waals surface area (Å²) in [5, 5.41) is 7.48. The number of esters is 1. The normalized spacial score (nSPS) is 10.2. The van der Waals surface area contributed by atoms with Crippen LogP contribution in [-0.4, -0.2) is 29.6 Å². The predicted molar refractivity (Wildman–Crippen MR) is 69.7 cm³/mol.